The maximum absolute atomic E-state index is 12.7. The molecule has 2 heterocycles. The molecule has 1 aliphatic heterocycles. The quantitative estimate of drug-likeness (QED) is 0.580. The third kappa shape index (κ3) is 4.84. The summed E-state index contributed by atoms with van der Waals surface area (Å²) >= 11 is 0. The van der Waals surface area contributed by atoms with Crippen molar-refractivity contribution in [1.82, 2.24) is 14.9 Å². The fourth-order valence-corrected chi connectivity index (χ4v) is 4.16. The van der Waals surface area contributed by atoms with Crippen LogP contribution < -0.4 is 14.8 Å². The molecule has 3 aromatic rings. The van der Waals surface area contributed by atoms with E-state index < -0.39 is 0 Å². The number of benzene rings is 2. The van der Waals surface area contributed by atoms with Crippen molar-refractivity contribution >= 4 is 16.9 Å². The molecule has 4 rings (SSSR count). The van der Waals surface area contributed by atoms with Gasteiger partial charge in [-0.05, 0) is 69.0 Å². The maximum atomic E-state index is 12.7. The van der Waals surface area contributed by atoms with Crippen molar-refractivity contribution in [2.45, 2.75) is 52.5 Å². The van der Waals surface area contributed by atoms with Gasteiger partial charge in [-0.2, -0.15) is 0 Å². The minimum absolute atomic E-state index is 0.0685. The first-order valence-electron chi connectivity index (χ1n) is 11.4. The summed E-state index contributed by atoms with van der Waals surface area (Å²) in [5.41, 5.74) is 3.80. The molecule has 0 aliphatic carbocycles. The fourth-order valence-electron chi connectivity index (χ4n) is 4.16. The first-order chi connectivity index (χ1) is 15.2. The number of fused-ring (bicyclic) bond motifs is 3. The van der Waals surface area contributed by atoms with Gasteiger partial charge in [0.25, 0.3) is 5.91 Å². The molecule has 164 valence electrons. The van der Waals surface area contributed by atoms with Crippen molar-refractivity contribution in [2.75, 3.05) is 19.8 Å². The molecule has 1 amide bonds. The lowest BCUT2D eigenvalue weighted by atomic mass is 10.1. The number of hydrogen-bond acceptors (Lipinski definition) is 4. The lowest BCUT2D eigenvalue weighted by Crippen LogP contribution is -2.25. The summed E-state index contributed by atoms with van der Waals surface area (Å²) in [5.74, 6) is 2.58. The topological polar surface area (TPSA) is 65.4 Å². The second-order valence-corrected chi connectivity index (χ2v) is 7.85. The van der Waals surface area contributed by atoms with E-state index in [9.17, 15) is 4.79 Å². The second-order valence-electron chi connectivity index (χ2n) is 7.85. The summed E-state index contributed by atoms with van der Waals surface area (Å²) < 4.78 is 13.6. The van der Waals surface area contributed by atoms with Crippen molar-refractivity contribution in [2.24, 2.45) is 0 Å². The van der Waals surface area contributed by atoms with Gasteiger partial charge in [-0.1, -0.05) is 12.5 Å². The molecular weight excluding hydrogens is 390 g/mol. The molecule has 6 heteroatoms. The van der Waals surface area contributed by atoms with E-state index in [1.54, 1.807) is 0 Å². The lowest BCUT2D eigenvalue weighted by Gasteiger charge is -2.12. The highest BCUT2D eigenvalue weighted by molar-refractivity contribution is 5.97. The molecule has 0 radical (unpaired) electrons. The van der Waals surface area contributed by atoms with Gasteiger partial charge in [0.1, 0.15) is 5.82 Å². The SMILES string of the molecule is CCOc1ccc(CCNC(=O)c2ccc3c(c2)nc2n3CCCCC2)cc1OCC. The Morgan fingerprint density at radius 1 is 1.03 bits per heavy atom. The summed E-state index contributed by atoms with van der Waals surface area (Å²) in [7, 11) is 0. The molecular formula is C25H31N3O3. The van der Waals surface area contributed by atoms with Crippen LogP contribution in [0.1, 0.15) is 54.9 Å². The maximum Gasteiger partial charge on any atom is 0.251 e. The van der Waals surface area contributed by atoms with Crippen molar-refractivity contribution in [1.29, 1.82) is 0 Å². The molecule has 6 nitrogen and oxygen atoms in total. The number of amides is 1. The standard InChI is InChI=1S/C25H31N3O3/c1-3-30-22-12-9-18(16-23(22)31-4-2)13-14-26-25(29)19-10-11-21-20(17-19)27-24-8-6-5-7-15-28(21)24/h9-12,16-17H,3-8,13-15H2,1-2H3,(H,26,29). The molecule has 0 unspecified atom stereocenters. The molecule has 0 fully saturated rings. The Hall–Kier alpha value is -3.02. The van der Waals surface area contributed by atoms with Crippen molar-refractivity contribution in [3.8, 4) is 11.5 Å². The molecule has 0 atom stereocenters. The van der Waals surface area contributed by atoms with Crippen LogP contribution >= 0.6 is 0 Å². The number of aromatic nitrogens is 2. The Bertz CT molecular complexity index is 1060. The molecule has 0 spiro atoms. The van der Waals surface area contributed by atoms with Crippen LogP contribution in [0.15, 0.2) is 36.4 Å². The van der Waals surface area contributed by atoms with Crippen LogP contribution in [0, 0.1) is 0 Å². The average molecular weight is 422 g/mol. The van der Waals surface area contributed by atoms with Crippen LogP contribution in [0.25, 0.3) is 11.0 Å². The summed E-state index contributed by atoms with van der Waals surface area (Å²) in [6.07, 6.45) is 5.37. The van der Waals surface area contributed by atoms with Crippen LogP contribution in [0.2, 0.25) is 0 Å². The first kappa shape index (κ1) is 21.2. The number of carbonyl (C=O) groups excluding carboxylic acids is 1. The summed E-state index contributed by atoms with van der Waals surface area (Å²) in [4.78, 5) is 17.5. The van der Waals surface area contributed by atoms with E-state index in [-0.39, 0.29) is 5.91 Å². The third-order valence-corrected chi connectivity index (χ3v) is 5.68. The first-order valence-corrected chi connectivity index (χ1v) is 11.4. The Kier molecular flexibility index (Phi) is 6.75. The monoisotopic (exact) mass is 421 g/mol. The van der Waals surface area contributed by atoms with Crippen LogP contribution in [0.3, 0.4) is 0 Å². The van der Waals surface area contributed by atoms with Crippen LogP contribution in [0.4, 0.5) is 0 Å². The highest BCUT2D eigenvalue weighted by Crippen LogP contribution is 2.28. The molecule has 2 aromatic carbocycles. The van der Waals surface area contributed by atoms with Gasteiger partial charge in [-0.3, -0.25) is 4.79 Å². The van der Waals surface area contributed by atoms with E-state index in [0.717, 1.165) is 53.3 Å². The zero-order valence-electron chi connectivity index (χ0n) is 18.4. The third-order valence-electron chi connectivity index (χ3n) is 5.68. The van der Waals surface area contributed by atoms with Gasteiger partial charge in [0.15, 0.2) is 11.5 Å². The van der Waals surface area contributed by atoms with Crippen molar-refractivity contribution in [3.63, 3.8) is 0 Å². The smallest absolute Gasteiger partial charge is 0.251 e. The van der Waals surface area contributed by atoms with Crippen molar-refractivity contribution < 1.29 is 14.3 Å². The van der Waals surface area contributed by atoms with E-state index in [4.69, 9.17) is 14.5 Å². The van der Waals surface area contributed by atoms with E-state index >= 15 is 0 Å². The van der Waals surface area contributed by atoms with E-state index in [0.29, 0.717) is 25.3 Å². The van der Waals surface area contributed by atoms with E-state index in [2.05, 4.69) is 9.88 Å². The Morgan fingerprint density at radius 3 is 2.71 bits per heavy atom. The van der Waals surface area contributed by atoms with Gasteiger partial charge in [-0.25, -0.2) is 4.98 Å². The molecule has 1 N–H and O–H groups in total. The van der Waals surface area contributed by atoms with Gasteiger partial charge in [-0.15, -0.1) is 0 Å². The predicted molar refractivity (Wildman–Crippen MR) is 122 cm³/mol. The highest BCUT2D eigenvalue weighted by Gasteiger charge is 2.15. The Labute approximate surface area is 183 Å². The largest absolute Gasteiger partial charge is 0.490 e. The van der Waals surface area contributed by atoms with E-state index in [1.807, 2.05) is 50.2 Å². The van der Waals surface area contributed by atoms with Gasteiger partial charge >= 0.3 is 0 Å². The zero-order valence-corrected chi connectivity index (χ0v) is 18.4. The van der Waals surface area contributed by atoms with E-state index in [1.165, 1.54) is 19.3 Å². The molecule has 0 saturated heterocycles. The number of nitrogens with zero attached hydrogens (tertiary/aromatic N) is 2. The lowest BCUT2D eigenvalue weighted by molar-refractivity contribution is 0.0954. The Balaban J connectivity index is 1.40. The summed E-state index contributed by atoms with van der Waals surface area (Å²) in [6.45, 7) is 6.66. The number of rotatable bonds is 8. The molecule has 31 heavy (non-hydrogen) atoms. The number of aryl methyl sites for hydroxylation is 2. The molecule has 1 aromatic heterocycles. The minimum atomic E-state index is -0.0685. The predicted octanol–water partition coefficient (Wildman–Crippen LogP) is 4.53. The minimum Gasteiger partial charge on any atom is -0.490 e. The second kappa shape index (κ2) is 9.86. The van der Waals surface area contributed by atoms with Gasteiger partial charge in [0, 0.05) is 25.1 Å². The molecule has 0 bridgehead atoms. The average Bonchev–Trinajstić information content (AvgIpc) is 2.95. The van der Waals surface area contributed by atoms with Gasteiger partial charge < -0.3 is 19.4 Å². The number of ether oxygens (including phenoxy) is 2. The fraction of sp³-hybridized carbons (Fsp3) is 0.440. The Morgan fingerprint density at radius 2 is 1.87 bits per heavy atom. The number of carbonyl (C=O) groups is 1. The van der Waals surface area contributed by atoms with Crippen LogP contribution in [-0.2, 0) is 19.4 Å². The van der Waals surface area contributed by atoms with Crippen LogP contribution in [0.5, 0.6) is 11.5 Å². The van der Waals surface area contributed by atoms with Crippen molar-refractivity contribution in [3.05, 3.63) is 53.3 Å². The molecule has 0 saturated carbocycles. The van der Waals surface area contributed by atoms with Gasteiger partial charge in [0.05, 0.1) is 24.2 Å². The normalized spacial score (nSPS) is 13.5. The number of imidazole rings is 1. The number of nitrogens with one attached hydrogen (secondary N) is 1. The summed E-state index contributed by atoms with van der Waals surface area (Å²) in [6, 6.07) is 11.8. The molecule has 1 aliphatic rings. The summed E-state index contributed by atoms with van der Waals surface area (Å²) in [5, 5.41) is 3.03. The zero-order chi connectivity index (χ0) is 21.6. The highest BCUT2D eigenvalue weighted by atomic mass is 16.5. The van der Waals surface area contributed by atoms with Crippen LogP contribution in [-0.4, -0.2) is 35.2 Å². The van der Waals surface area contributed by atoms with Gasteiger partial charge in [0.2, 0.25) is 0 Å². The number of hydrogen-bond donors (Lipinski definition) is 1.